The molecule has 11 nitrogen and oxygen atoms in total. The van der Waals surface area contributed by atoms with Gasteiger partial charge in [0.25, 0.3) is 5.91 Å². The average molecular weight is 366 g/mol. The number of hydrogen-bond donors (Lipinski definition) is 3. The van der Waals surface area contributed by atoms with Crippen LogP contribution in [0.4, 0.5) is 0 Å². The number of aliphatic hydroxyl groups is 1. The molecular formula is C12H23N4O7P. The van der Waals surface area contributed by atoms with E-state index in [9.17, 15) is 19.4 Å². The molecular weight excluding hydrogens is 343 g/mol. The normalized spacial score (nSPS) is 28.8. The van der Waals surface area contributed by atoms with Crippen molar-refractivity contribution in [1.29, 1.82) is 0 Å². The minimum Gasteiger partial charge on any atom is -0.390 e. The maximum absolute atomic E-state index is 11.3. The molecule has 0 radical (unpaired) electrons. The number of nitrogens with zero attached hydrogens (tertiary/aromatic N) is 3. The number of nitrogens with two attached hydrogens (primary N) is 1. The number of aliphatic hydroxyl groups excluding tert-OH is 1. The first-order valence-electron chi connectivity index (χ1n) is 7.32. The molecule has 24 heavy (non-hydrogen) atoms. The van der Waals surface area contributed by atoms with Gasteiger partial charge in [0.05, 0.1) is 12.7 Å². The van der Waals surface area contributed by atoms with Crippen molar-refractivity contribution >= 4 is 13.7 Å². The van der Waals surface area contributed by atoms with E-state index in [0.29, 0.717) is 0 Å². The monoisotopic (exact) mass is 366 g/mol. The van der Waals surface area contributed by atoms with E-state index in [-0.39, 0.29) is 12.4 Å². The summed E-state index contributed by atoms with van der Waals surface area (Å²) >= 11 is 0. The van der Waals surface area contributed by atoms with Crippen molar-refractivity contribution in [1.82, 2.24) is 14.8 Å². The van der Waals surface area contributed by atoms with Crippen molar-refractivity contribution in [2.24, 2.45) is 11.7 Å². The van der Waals surface area contributed by atoms with Crippen molar-refractivity contribution in [2.45, 2.75) is 39.2 Å². The summed E-state index contributed by atoms with van der Waals surface area (Å²) in [4.78, 5) is 23.9. The summed E-state index contributed by atoms with van der Waals surface area (Å²) in [5, 5.41) is 14.0. The van der Waals surface area contributed by atoms with Gasteiger partial charge in [-0.1, -0.05) is 20.8 Å². The fourth-order valence-corrected chi connectivity index (χ4v) is 2.50. The van der Waals surface area contributed by atoms with Crippen LogP contribution >= 0.6 is 7.82 Å². The van der Waals surface area contributed by atoms with Crippen molar-refractivity contribution < 1.29 is 33.1 Å². The first-order valence-corrected chi connectivity index (χ1v) is 8.82. The maximum atomic E-state index is 11.3. The summed E-state index contributed by atoms with van der Waals surface area (Å²) in [6.45, 7) is 5.34. The Labute approximate surface area is 139 Å². The van der Waals surface area contributed by atoms with Gasteiger partial charge in [-0.05, 0) is 0 Å². The highest BCUT2D eigenvalue weighted by atomic mass is 31.2. The molecule has 5 atom stereocenters. The molecule has 138 valence electrons. The van der Waals surface area contributed by atoms with Crippen LogP contribution in [0.5, 0.6) is 0 Å². The second-order valence-electron chi connectivity index (χ2n) is 4.77. The molecule has 2 heterocycles. The molecule has 1 aromatic heterocycles. The molecule has 1 aliphatic rings. The molecule has 0 aliphatic carbocycles. The zero-order valence-electron chi connectivity index (χ0n) is 13.9. The van der Waals surface area contributed by atoms with Gasteiger partial charge in [-0.25, -0.2) is 14.2 Å². The Morgan fingerprint density at radius 1 is 1.54 bits per heavy atom. The number of rotatable bonds is 6. The fourth-order valence-electron chi connectivity index (χ4n) is 2.06. The molecule has 0 saturated carbocycles. The summed E-state index contributed by atoms with van der Waals surface area (Å²) < 4.78 is 27.0. The molecule has 1 saturated heterocycles. The van der Waals surface area contributed by atoms with Gasteiger partial charge < -0.3 is 20.5 Å². The Balaban J connectivity index is 0.00000139. The summed E-state index contributed by atoms with van der Waals surface area (Å²) in [5.41, 5.74) is 5.07. The predicted molar refractivity (Wildman–Crippen MR) is 81.8 cm³/mol. The third-order valence-corrected chi connectivity index (χ3v) is 4.24. The molecule has 1 amide bonds. The molecule has 1 aliphatic heterocycles. The second kappa shape index (κ2) is 8.65. The molecule has 2 unspecified atom stereocenters. The Bertz CT molecular complexity index is 596. The lowest BCUT2D eigenvalue weighted by Crippen LogP contribution is -2.29. The van der Waals surface area contributed by atoms with E-state index in [4.69, 9.17) is 15.0 Å². The first-order chi connectivity index (χ1) is 11.2. The molecule has 12 heteroatoms. The number of ether oxygens (including phenoxy) is 1. The topological polar surface area (TPSA) is 159 Å². The lowest BCUT2D eigenvalue weighted by molar-refractivity contribution is -0.0504. The summed E-state index contributed by atoms with van der Waals surface area (Å²) in [6.07, 6.45) is -1.30. The van der Waals surface area contributed by atoms with E-state index in [0.717, 1.165) is 7.11 Å². The summed E-state index contributed by atoms with van der Waals surface area (Å²) in [5.74, 6) is -1.38. The minimum absolute atomic E-state index is 0.177. The van der Waals surface area contributed by atoms with E-state index >= 15 is 0 Å². The molecule has 0 spiro atoms. The first kappa shape index (κ1) is 20.7. The fraction of sp³-hybridized carbons (Fsp3) is 0.750. The lowest BCUT2D eigenvalue weighted by Gasteiger charge is -2.16. The molecule has 4 N–H and O–H groups in total. The Hall–Kier alpha value is -1.36. The van der Waals surface area contributed by atoms with Gasteiger partial charge in [0.2, 0.25) is 5.82 Å². The van der Waals surface area contributed by atoms with Gasteiger partial charge >= 0.3 is 7.82 Å². The van der Waals surface area contributed by atoms with Gasteiger partial charge in [-0.3, -0.25) is 13.8 Å². The van der Waals surface area contributed by atoms with Crippen molar-refractivity contribution in [3.8, 4) is 0 Å². The van der Waals surface area contributed by atoms with Crippen molar-refractivity contribution in [3.63, 3.8) is 0 Å². The number of primary amides is 1. The van der Waals surface area contributed by atoms with Crippen LogP contribution in [0.15, 0.2) is 6.33 Å². The molecule has 1 fully saturated rings. The van der Waals surface area contributed by atoms with Crippen LogP contribution in [0.3, 0.4) is 0 Å². The maximum Gasteiger partial charge on any atom is 0.472 e. The van der Waals surface area contributed by atoms with Gasteiger partial charge in [0, 0.05) is 13.0 Å². The Kier molecular flexibility index (Phi) is 7.46. The lowest BCUT2D eigenvalue weighted by atomic mass is 10.0. The van der Waals surface area contributed by atoms with Crippen LogP contribution in [-0.2, 0) is 18.3 Å². The highest BCUT2D eigenvalue weighted by molar-refractivity contribution is 7.47. The summed E-state index contributed by atoms with van der Waals surface area (Å²) in [7, 11) is -3.13. The van der Waals surface area contributed by atoms with Crippen molar-refractivity contribution in [3.05, 3.63) is 12.2 Å². The predicted octanol–water partition coefficient (Wildman–Crippen LogP) is 0.0610. The molecule has 1 aromatic rings. The van der Waals surface area contributed by atoms with Gasteiger partial charge in [0.15, 0.2) is 6.23 Å². The molecule has 2 rings (SSSR count). The quantitative estimate of drug-likeness (QED) is 0.592. The SMILES string of the molecule is CC.COP(=O)(O)OC[C@H]1O[C@@H](n2cnc(C(N)=O)n2)C(C)[C@H]1O. The van der Waals surface area contributed by atoms with Crippen LogP contribution in [0.25, 0.3) is 0 Å². The van der Waals surface area contributed by atoms with Crippen LogP contribution < -0.4 is 5.73 Å². The number of carbonyl (C=O) groups excluding carboxylic acids is 1. The van der Waals surface area contributed by atoms with Gasteiger partial charge in [-0.2, -0.15) is 0 Å². The number of phosphoric acid groups is 1. The number of aromatic nitrogens is 3. The zero-order chi connectivity index (χ0) is 18.5. The van der Waals surface area contributed by atoms with E-state index in [1.807, 2.05) is 13.8 Å². The van der Waals surface area contributed by atoms with Gasteiger partial charge in [0.1, 0.15) is 12.4 Å². The van der Waals surface area contributed by atoms with E-state index in [1.165, 1.54) is 11.0 Å². The van der Waals surface area contributed by atoms with Crippen LogP contribution in [0.2, 0.25) is 0 Å². The third-order valence-electron chi connectivity index (χ3n) is 3.31. The van der Waals surface area contributed by atoms with E-state index in [1.54, 1.807) is 6.92 Å². The number of phosphoric ester groups is 1. The summed E-state index contributed by atoms with van der Waals surface area (Å²) in [6, 6.07) is 0. The number of hydrogen-bond acceptors (Lipinski definition) is 8. The highest BCUT2D eigenvalue weighted by Crippen LogP contribution is 2.43. The molecule has 0 aromatic carbocycles. The molecule has 0 bridgehead atoms. The Morgan fingerprint density at radius 3 is 2.67 bits per heavy atom. The van der Waals surface area contributed by atoms with Gasteiger partial charge in [-0.15, -0.1) is 5.10 Å². The third kappa shape index (κ3) is 4.82. The van der Waals surface area contributed by atoms with Crippen LogP contribution in [0.1, 0.15) is 37.6 Å². The average Bonchev–Trinajstić information content (AvgIpc) is 3.15. The van der Waals surface area contributed by atoms with Crippen molar-refractivity contribution in [2.75, 3.05) is 13.7 Å². The smallest absolute Gasteiger partial charge is 0.390 e. The largest absolute Gasteiger partial charge is 0.472 e. The second-order valence-corrected chi connectivity index (χ2v) is 6.33. The van der Waals surface area contributed by atoms with E-state index < -0.39 is 38.1 Å². The standard InChI is InChI=1S/C10H17N4O7P.C2H6/c1-5-7(15)6(3-20-22(17,18)19-2)21-10(5)14-4-12-9(13-14)8(11)16;1-2/h4-7,10,15H,3H2,1-2H3,(H2,11,16)(H,17,18);1-2H3/t5?,6-,7-,10-;/m1./s1. The highest BCUT2D eigenvalue weighted by Gasteiger charge is 2.43. The number of carbonyl (C=O) groups is 1. The zero-order valence-corrected chi connectivity index (χ0v) is 14.8. The minimum atomic E-state index is -4.16. The van der Waals surface area contributed by atoms with E-state index in [2.05, 4.69) is 14.6 Å². The Morgan fingerprint density at radius 2 is 2.17 bits per heavy atom. The number of amides is 1. The van der Waals surface area contributed by atoms with Crippen LogP contribution in [0, 0.1) is 5.92 Å². The van der Waals surface area contributed by atoms with Crippen LogP contribution in [-0.4, -0.2) is 56.6 Å².